The summed E-state index contributed by atoms with van der Waals surface area (Å²) in [6.45, 7) is 0. The summed E-state index contributed by atoms with van der Waals surface area (Å²) in [6, 6.07) is 19.8. The predicted octanol–water partition coefficient (Wildman–Crippen LogP) is 4.73. The molecule has 2 nitrogen and oxygen atoms in total. The molecule has 2 aromatic carbocycles. The second kappa shape index (κ2) is 6.64. The van der Waals surface area contributed by atoms with Crippen molar-refractivity contribution in [2.45, 2.75) is 50.0 Å². The molecule has 4 rings (SSSR count). The van der Waals surface area contributed by atoms with Crippen molar-refractivity contribution in [1.82, 2.24) is 5.32 Å². The lowest BCUT2D eigenvalue weighted by Gasteiger charge is -2.32. The van der Waals surface area contributed by atoms with Crippen molar-refractivity contribution in [2.24, 2.45) is 0 Å². The van der Waals surface area contributed by atoms with E-state index in [0.29, 0.717) is 18.2 Å². The largest absolute Gasteiger partial charge is 0.365 e. The average Bonchev–Trinajstić information content (AvgIpc) is 2.92. The molecular weight excluding hydrogens is 306 g/mol. The SMILES string of the molecule is Clc1cccc(C(OC2C[C@H]3CC[C@@H](C2)N3)c2ccccc2)c1. The first-order valence-electron chi connectivity index (χ1n) is 8.50. The van der Waals surface area contributed by atoms with Gasteiger partial charge >= 0.3 is 0 Å². The summed E-state index contributed by atoms with van der Waals surface area (Å²) in [7, 11) is 0. The molecule has 2 aliphatic rings. The Morgan fingerprint density at radius 3 is 2.30 bits per heavy atom. The fourth-order valence-corrected chi connectivity index (χ4v) is 4.15. The normalized spacial score (nSPS) is 27.8. The number of benzene rings is 2. The summed E-state index contributed by atoms with van der Waals surface area (Å²) in [5, 5.41) is 4.44. The van der Waals surface area contributed by atoms with Crippen molar-refractivity contribution in [1.29, 1.82) is 0 Å². The van der Waals surface area contributed by atoms with Gasteiger partial charge in [-0.1, -0.05) is 54.1 Å². The average molecular weight is 328 g/mol. The van der Waals surface area contributed by atoms with E-state index in [1.165, 1.54) is 18.4 Å². The van der Waals surface area contributed by atoms with Crippen molar-refractivity contribution in [3.63, 3.8) is 0 Å². The number of halogens is 1. The van der Waals surface area contributed by atoms with E-state index in [9.17, 15) is 0 Å². The van der Waals surface area contributed by atoms with Crippen LogP contribution < -0.4 is 5.32 Å². The highest BCUT2D eigenvalue weighted by Crippen LogP contribution is 2.35. The Kier molecular flexibility index (Phi) is 4.39. The maximum absolute atomic E-state index is 6.60. The molecule has 2 heterocycles. The van der Waals surface area contributed by atoms with E-state index < -0.39 is 0 Å². The van der Waals surface area contributed by atoms with Crippen LogP contribution in [0.1, 0.15) is 42.9 Å². The van der Waals surface area contributed by atoms with E-state index in [4.69, 9.17) is 16.3 Å². The molecule has 1 N–H and O–H groups in total. The Balaban J connectivity index is 1.60. The summed E-state index contributed by atoms with van der Waals surface area (Å²) in [5.41, 5.74) is 2.33. The number of ether oxygens (including phenoxy) is 1. The number of hydrogen-bond donors (Lipinski definition) is 1. The molecule has 0 radical (unpaired) electrons. The van der Waals surface area contributed by atoms with Gasteiger partial charge in [0.1, 0.15) is 6.10 Å². The van der Waals surface area contributed by atoms with Gasteiger partial charge in [-0.15, -0.1) is 0 Å². The molecule has 3 heteroatoms. The first kappa shape index (κ1) is 15.2. The van der Waals surface area contributed by atoms with Crippen LogP contribution in [0.15, 0.2) is 54.6 Å². The molecule has 0 spiro atoms. The molecule has 2 aliphatic heterocycles. The fraction of sp³-hybridized carbons (Fsp3) is 0.400. The van der Waals surface area contributed by atoms with Crippen molar-refractivity contribution < 1.29 is 4.74 Å². The van der Waals surface area contributed by atoms with E-state index in [0.717, 1.165) is 23.4 Å². The zero-order valence-electron chi connectivity index (χ0n) is 13.1. The monoisotopic (exact) mass is 327 g/mol. The maximum Gasteiger partial charge on any atom is 0.108 e. The molecule has 2 fully saturated rings. The molecule has 4 atom stereocenters. The van der Waals surface area contributed by atoms with Gasteiger partial charge < -0.3 is 10.1 Å². The minimum atomic E-state index is -0.0441. The van der Waals surface area contributed by atoms with Gasteiger partial charge in [-0.25, -0.2) is 0 Å². The van der Waals surface area contributed by atoms with Crippen LogP contribution in [0.25, 0.3) is 0 Å². The Hall–Kier alpha value is -1.35. The number of rotatable bonds is 4. The van der Waals surface area contributed by atoms with E-state index in [2.05, 4.69) is 35.6 Å². The van der Waals surface area contributed by atoms with Gasteiger partial charge in [-0.2, -0.15) is 0 Å². The summed E-state index contributed by atoms with van der Waals surface area (Å²) in [6.07, 6.45) is 5.08. The molecule has 0 saturated carbocycles. The second-order valence-electron chi connectivity index (χ2n) is 6.71. The van der Waals surface area contributed by atoms with Gasteiger partial charge in [-0.05, 0) is 48.9 Å². The molecule has 120 valence electrons. The van der Waals surface area contributed by atoms with Crippen LogP contribution in [0.4, 0.5) is 0 Å². The Bertz CT molecular complexity index is 648. The smallest absolute Gasteiger partial charge is 0.108 e. The van der Waals surface area contributed by atoms with E-state index in [-0.39, 0.29) is 6.10 Å². The Labute approximate surface area is 142 Å². The number of piperidine rings is 1. The molecule has 2 saturated heterocycles. The van der Waals surface area contributed by atoms with Crippen LogP contribution in [-0.4, -0.2) is 18.2 Å². The summed E-state index contributed by atoms with van der Waals surface area (Å²) in [5.74, 6) is 0. The Morgan fingerprint density at radius 2 is 1.61 bits per heavy atom. The quantitative estimate of drug-likeness (QED) is 0.876. The van der Waals surface area contributed by atoms with Crippen molar-refractivity contribution in [2.75, 3.05) is 0 Å². The first-order valence-corrected chi connectivity index (χ1v) is 8.87. The van der Waals surface area contributed by atoms with Gasteiger partial charge in [0.15, 0.2) is 0 Å². The lowest BCUT2D eigenvalue weighted by molar-refractivity contribution is -0.0181. The summed E-state index contributed by atoms with van der Waals surface area (Å²) < 4.78 is 6.60. The van der Waals surface area contributed by atoms with Gasteiger partial charge in [0, 0.05) is 17.1 Å². The van der Waals surface area contributed by atoms with Gasteiger partial charge in [0.25, 0.3) is 0 Å². The van der Waals surface area contributed by atoms with Crippen molar-refractivity contribution >= 4 is 11.6 Å². The zero-order chi connectivity index (χ0) is 15.6. The van der Waals surface area contributed by atoms with Crippen LogP contribution >= 0.6 is 11.6 Å². The fourth-order valence-electron chi connectivity index (χ4n) is 3.96. The number of hydrogen-bond acceptors (Lipinski definition) is 2. The molecule has 2 unspecified atom stereocenters. The summed E-state index contributed by atoms with van der Waals surface area (Å²) >= 11 is 6.21. The molecule has 23 heavy (non-hydrogen) atoms. The van der Waals surface area contributed by atoms with Gasteiger partial charge in [0.05, 0.1) is 6.10 Å². The van der Waals surface area contributed by atoms with Crippen LogP contribution in [-0.2, 0) is 4.74 Å². The number of nitrogens with one attached hydrogen (secondary N) is 1. The molecular formula is C20H22ClNO. The van der Waals surface area contributed by atoms with Crippen molar-refractivity contribution in [3.05, 3.63) is 70.7 Å². The third kappa shape index (κ3) is 3.45. The van der Waals surface area contributed by atoms with E-state index >= 15 is 0 Å². The Morgan fingerprint density at radius 1 is 0.913 bits per heavy atom. The van der Waals surface area contributed by atoms with Crippen LogP contribution in [0.5, 0.6) is 0 Å². The lowest BCUT2D eigenvalue weighted by Crippen LogP contribution is -2.41. The molecule has 2 bridgehead atoms. The molecule has 0 aromatic heterocycles. The van der Waals surface area contributed by atoms with Crippen LogP contribution in [0, 0.1) is 0 Å². The molecule has 2 aromatic rings. The van der Waals surface area contributed by atoms with Gasteiger partial charge in [-0.3, -0.25) is 0 Å². The zero-order valence-corrected chi connectivity index (χ0v) is 13.9. The minimum Gasteiger partial charge on any atom is -0.365 e. The van der Waals surface area contributed by atoms with Crippen LogP contribution in [0.3, 0.4) is 0 Å². The highest BCUT2D eigenvalue weighted by Gasteiger charge is 2.35. The van der Waals surface area contributed by atoms with Crippen LogP contribution in [0.2, 0.25) is 5.02 Å². The highest BCUT2D eigenvalue weighted by atomic mass is 35.5. The molecule has 0 aliphatic carbocycles. The standard InChI is InChI=1S/C20H22ClNO/c21-16-8-4-7-15(11-16)20(14-5-2-1-3-6-14)23-19-12-17-9-10-18(13-19)22-17/h1-8,11,17-20,22H,9-10,12-13H2/t17-,18+,19?,20?. The van der Waals surface area contributed by atoms with E-state index in [1.54, 1.807) is 0 Å². The third-order valence-corrected chi connectivity index (χ3v) is 5.25. The highest BCUT2D eigenvalue weighted by molar-refractivity contribution is 6.30. The van der Waals surface area contributed by atoms with Crippen molar-refractivity contribution in [3.8, 4) is 0 Å². The predicted molar refractivity (Wildman–Crippen MR) is 93.8 cm³/mol. The topological polar surface area (TPSA) is 21.3 Å². The summed E-state index contributed by atoms with van der Waals surface area (Å²) in [4.78, 5) is 0. The first-order chi connectivity index (χ1) is 11.3. The number of fused-ring (bicyclic) bond motifs is 2. The third-order valence-electron chi connectivity index (χ3n) is 5.01. The molecule has 0 amide bonds. The van der Waals surface area contributed by atoms with E-state index in [1.807, 2.05) is 24.3 Å². The van der Waals surface area contributed by atoms with Gasteiger partial charge in [0.2, 0.25) is 0 Å². The minimum absolute atomic E-state index is 0.0441. The second-order valence-corrected chi connectivity index (χ2v) is 7.15. The lowest BCUT2D eigenvalue weighted by atomic mass is 9.98. The maximum atomic E-state index is 6.60.